The van der Waals surface area contributed by atoms with Crippen LogP contribution in [0.3, 0.4) is 0 Å². The Kier molecular flexibility index (Phi) is 3.94. The van der Waals surface area contributed by atoms with Crippen molar-refractivity contribution >= 4 is 0 Å². The Labute approximate surface area is 101 Å². The zero-order chi connectivity index (χ0) is 11.7. The van der Waals surface area contributed by atoms with Crippen LogP contribution in [0.1, 0.15) is 59.8 Å². The number of rotatable bonds is 3. The molecule has 1 heteroatoms. The summed E-state index contributed by atoms with van der Waals surface area (Å²) in [7, 11) is 0. The topological polar surface area (TPSA) is 12.0 Å². The Bertz CT molecular complexity index is 207. The van der Waals surface area contributed by atoms with E-state index in [-0.39, 0.29) is 0 Å². The molecule has 0 aliphatic heterocycles. The maximum atomic E-state index is 3.90. The third kappa shape index (κ3) is 3.00. The highest BCUT2D eigenvalue weighted by molar-refractivity contribution is 4.90. The molecule has 2 saturated carbocycles. The van der Waals surface area contributed by atoms with Crippen molar-refractivity contribution < 1.29 is 0 Å². The van der Waals surface area contributed by atoms with Gasteiger partial charge in [0, 0.05) is 12.1 Å². The molecule has 2 aliphatic rings. The Morgan fingerprint density at radius 2 is 1.31 bits per heavy atom. The fourth-order valence-electron chi connectivity index (χ4n) is 3.76. The average Bonchev–Trinajstić information content (AvgIpc) is 2.08. The summed E-state index contributed by atoms with van der Waals surface area (Å²) in [5, 5.41) is 3.90. The highest BCUT2D eigenvalue weighted by Gasteiger charge is 2.33. The SMILES string of the molecule is CC1CC(C)CC(NC2CC(C(C)C)C2)C1. The molecular formula is C15H29N. The average molecular weight is 223 g/mol. The van der Waals surface area contributed by atoms with Crippen molar-refractivity contribution in [1.29, 1.82) is 0 Å². The molecule has 0 bridgehead atoms. The lowest BCUT2D eigenvalue weighted by Crippen LogP contribution is -2.49. The van der Waals surface area contributed by atoms with Crippen LogP contribution in [0.25, 0.3) is 0 Å². The van der Waals surface area contributed by atoms with Crippen molar-refractivity contribution in [2.75, 3.05) is 0 Å². The lowest BCUT2D eigenvalue weighted by atomic mass is 9.72. The Morgan fingerprint density at radius 1 is 0.812 bits per heavy atom. The first kappa shape index (κ1) is 12.4. The van der Waals surface area contributed by atoms with E-state index in [1.165, 1.54) is 32.1 Å². The van der Waals surface area contributed by atoms with Crippen LogP contribution in [0.15, 0.2) is 0 Å². The summed E-state index contributed by atoms with van der Waals surface area (Å²) in [4.78, 5) is 0. The smallest absolute Gasteiger partial charge is 0.00751 e. The van der Waals surface area contributed by atoms with Crippen molar-refractivity contribution in [3.8, 4) is 0 Å². The normalized spacial score (nSPS) is 44.4. The molecule has 0 aromatic carbocycles. The van der Waals surface area contributed by atoms with E-state index in [4.69, 9.17) is 0 Å². The Balaban J connectivity index is 1.71. The first-order chi connectivity index (χ1) is 7.54. The van der Waals surface area contributed by atoms with Crippen LogP contribution in [0, 0.1) is 23.7 Å². The van der Waals surface area contributed by atoms with Gasteiger partial charge in [-0.3, -0.25) is 0 Å². The molecule has 2 rings (SSSR count). The first-order valence-corrected chi connectivity index (χ1v) is 7.30. The van der Waals surface area contributed by atoms with E-state index in [1.807, 2.05) is 0 Å². The van der Waals surface area contributed by atoms with Gasteiger partial charge in [-0.25, -0.2) is 0 Å². The van der Waals surface area contributed by atoms with Gasteiger partial charge in [-0.05, 0) is 55.8 Å². The van der Waals surface area contributed by atoms with Gasteiger partial charge in [-0.2, -0.15) is 0 Å². The summed E-state index contributed by atoms with van der Waals surface area (Å²) < 4.78 is 0. The maximum absolute atomic E-state index is 3.90. The Morgan fingerprint density at radius 3 is 1.81 bits per heavy atom. The van der Waals surface area contributed by atoms with E-state index in [9.17, 15) is 0 Å². The number of nitrogens with one attached hydrogen (secondary N) is 1. The van der Waals surface area contributed by atoms with Gasteiger partial charge in [0.2, 0.25) is 0 Å². The molecule has 1 nitrogen and oxygen atoms in total. The van der Waals surface area contributed by atoms with Crippen molar-refractivity contribution in [3.05, 3.63) is 0 Å². The summed E-state index contributed by atoms with van der Waals surface area (Å²) in [6.07, 6.45) is 7.12. The van der Waals surface area contributed by atoms with Crippen molar-refractivity contribution in [2.45, 2.75) is 71.9 Å². The zero-order valence-corrected chi connectivity index (χ0v) is 11.5. The van der Waals surface area contributed by atoms with Crippen molar-refractivity contribution in [1.82, 2.24) is 5.32 Å². The van der Waals surface area contributed by atoms with Crippen LogP contribution in [0.4, 0.5) is 0 Å². The van der Waals surface area contributed by atoms with Crippen molar-refractivity contribution in [2.24, 2.45) is 23.7 Å². The van der Waals surface area contributed by atoms with Gasteiger partial charge in [0.15, 0.2) is 0 Å². The molecular weight excluding hydrogens is 194 g/mol. The van der Waals surface area contributed by atoms with Crippen LogP contribution in [0.5, 0.6) is 0 Å². The third-order valence-electron chi connectivity index (χ3n) is 4.77. The third-order valence-corrected chi connectivity index (χ3v) is 4.77. The summed E-state index contributed by atoms with van der Waals surface area (Å²) in [6.45, 7) is 9.57. The second kappa shape index (κ2) is 5.08. The van der Waals surface area contributed by atoms with E-state index in [0.29, 0.717) is 0 Å². The zero-order valence-electron chi connectivity index (χ0n) is 11.5. The summed E-state index contributed by atoms with van der Waals surface area (Å²) in [5.74, 6) is 3.75. The molecule has 16 heavy (non-hydrogen) atoms. The van der Waals surface area contributed by atoms with E-state index in [2.05, 4.69) is 33.0 Å². The van der Waals surface area contributed by atoms with Crippen LogP contribution < -0.4 is 5.32 Å². The lowest BCUT2D eigenvalue weighted by Gasteiger charge is -2.43. The number of hydrogen-bond donors (Lipinski definition) is 1. The molecule has 2 atom stereocenters. The summed E-state index contributed by atoms with van der Waals surface area (Å²) in [6, 6.07) is 1.66. The van der Waals surface area contributed by atoms with Gasteiger partial charge >= 0.3 is 0 Å². The molecule has 0 radical (unpaired) electrons. The van der Waals surface area contributed by atoms with E-state index in [1.54, 1.807) is 0 Å². The first-order valence-electron chi connectivity index (χ1n) is 7.30. The molecule has 0 spiro atoms. The molecule has 0 heterocycles. The molecule has 94 valence electrons. The van der Waals surface area contributed by atoms with E-state index < -0.39 is 0 Å². The molecule has 0 saturated heterocycles. The standard InChI is InChI=1S/C15H29N/c1-10(2)13-8-15(9-13)16-14-6-11(3)5-12(4)7-14/h10-16H,5-9H2,1-4H3. The van der Waals surface area contributed by atoms with Gasteiger partial charge in [0.1, 0.15) is 0 Å². The van der Waals surface area contributed by atoms with Gasteiger partial charge in [-0.15, -0.1) is 0 Å². The second-order valence-electron chi connectivity index (χ2n) is 6.95. The minimum Gasteiger partial charge on any atom is -0.311 e. The fourth-order valence-corrected chi connectivity index (χ4v) is 3.76. The van der Waals surface area contributed by atoms with E-state index in [0.717, 1.165) is 35.8 Å². The highest BCUT2D eigenvalue weighted by Crippen LogP contribution is 2.36. The second-order valence-corrected chi connectivity index (χ2v) is 6.95. The minimum absolute atomic E-state index is 0.817. The molecule has 2 unspecified atom stereocenters. The molecule has 0 amide bonds. The minimum atomic E-state index is 0.817. The molecule has 0 aromatic heterocycles. The predicted molar refractivity (Wildman–Crippen MR) is 70.5 cm³/mol. The molecule has 0 aromatic rings. The number of hydrogen-bond acceptors (Lipinski definition) is 1. The van der Waals surface area contributed by atoms with Gasteiger partial charge in [-0.1, -0.05) is 27.7 Å². The van der Waals surface area contributed by atoms with Crippen LogP contribution >= 0.6 is 0 Å². The van der Waals surface area contributed by atoms with Gasteiger partial charge < -0.3 is 5.32 Å². The molecule has 2 aliphatic carbocycles. The van der Waals surface area contributed by atoms with Gasteiger partial charge in [0.25, 0.3) is 0 Å². The monoisotopic (exact) mass is 223 g/mol. The summed E-state index contributed by atoms with van der Waals surface area (Å²) >= 11 is 0. The Hall–Kier alpha value is -0.0400. The molecule has 1 N–H and O–H groups in total. The quantitative estimate of drug-likeness (QED) is 0.766. The van der Waals surface area contributed by atoms with E-state index >= 15 is 0 Å². The fraction of sp³-hybridized carbons (Fsp3) is 1.00. The van der Waals surface area contributed by atoms with Crippen LogP contribution in [0.2, 0.25) is 0 Å². The molecule has 2 fully saturated rings. The van der Waals surface area contributed by atoms with Crippen molar-refractivity contribution in [3.63, 3.8) is 0 Å². The predicted octanol–water partition coefficient (Wildman–Crippen LogP) is 3.84. The van der Waals surface area contributed by atoms with Gasteiger partial charge in [0.05, 0.1) is 0 Å². The lowest BCUT2D eigenvalue weighted by molar-refractivity contribution is 0.132. The highest BCUT2D eigenvalue weighted by atomic mass is 15.0. The largest absolute Gasteiger partial charge is 0.311 e. The summed E-state index contributed by atoms with van der Waals surface area (Å²) in [5.41, 5.74) is 0. The maximum Gasteiger partial charge on any atom is 0.00751 e. The van der Waals surface area contributed by atoms with Crippen LogP contribution in [-0.2, 0) is 0 Å². The van der Waals surface area contributed by atoms with Crippen LogP contribution in [-0.4, -0.2) is 12.1 Å².